The van der Waals surface area contributed by atoms with Crippen LogP contribution in [0.2, 0.25) is 0 Å². The minimum absolute atomic E-state index is 0.0821. The standard InChI is InChI=1S/C16H19FN4O2/c1-9-14(17)16(23)21-13(18-9)8-11(19-21)12-4-2-3-7-20(12)15(22)10-5-6-10/h8,10,12,19H,2-7H2,1H3/t12-/m0/s1. The summed E-state index contributed by atoms with van der Waals surface area (Å²) >= 11 is 0. The van der Waals surface area contributed by atoms with E-state index in [1.54, 1.807) is 6.07 Å². The van der Waals surface area contributed by atoms with E-state index in [2.05, 4.69) is 10.1 Å². The van der Waals surface area contributed by atoms with Crippen LogP contribution in [0, 0.1) is 18.7 Å². The molecule has 7 heteroatoms. The number of hydrogen-bond acceptors (Lipinski definition) is 3. The second-order valence-electron chi connectivity index (χ2n) is 6.54. The molecule has 4 rings (SSSR count). The zero-order valence-corrected chi connectivity index (χ0v) is 13.0. The normalized spacial score (nSPS) is 21.8. The molecule has 1 aliphatic heterocycles. The van der Waals surface area contributed by atoms with Crippen LogP contribution in [-0.2, 0) is 4.79 Å². The van der Waals surface area contributed by atoms with Crippen LogP contribution < -0.4 is 5.56 Å². The van der Waals surface area contributed by atoms with Crippen molar-refractivity contribution in [3.63, 3.8) is 0 Å². The van der Waals surface area contributed by atoms with E-state index in [4.69, 9.17) is 0 Å². The molecule has 2 aromatic rings. The Hall–Kier alpha value is -2.18. The molecule has 2 aliphatic rings. The van der Waals surface area contributed by atoms with Gasteiger partial charge in [0.05, 0.1) is 17.4 Å². The third kappa shape index (κ3) is 2.34. The monoisotopic (exact) mass is 318 g/mol. The van der Waals surface area contributed by atoms with E-state index in [-0.39, 0.29) is 23.6 Å². The van der Waals surface area contributed by atoms with Crippen molar-refractivity contribution in [1.82, 2.24) is 19.5 Å². The third-order valence-corrected chi connectivity index (χ3v) is 4.82. The molecule has 1 aliphatic carbocycles. The topological polar surface area (TPSA) is 70.5 Å². The summed E-state index contributed by atoms with van der Waals surface area (Å²) in [5, 5.41) is 2.95. The number of carbonyl (C=O) groups is 1. The summed E-state index contributed by atoms with van der Waals surface area (Å²) in [5.41, 5.74) is 0.520. The number of fused-ring (bicyclic) bond motifs is 1. The number of carbonyl (C=O) groups excluding carboxylic acids is 1. The van der Waals surface area contributed by atoms with Crippen LogP contribution in [0.4, 0.5) is 4.39 Å². The summed E-state index contributed by atoms with van der Waals surface area (Å²) < 4.78 is 14.9. The summed E-state index contributed by atoms with van der Waals surface area (Å²) in [5.74, 6) is -0.470. The molecule has 2 fully saturated rings. The van der Waals surface area contributed by atoms with Crippen LogP contribution in [0.15, 0.2) is 10.9 Å². The maximum atomic E-state index is 13.8. The Morgan fingerprint density at radius 2 is 2.13 bits per heavy atom. The molecule has 1 atom stereocenters. The Morgan fingerprint density at radius 3 is 2.87 bits per heavy atom. The predicted molar refractivity (Wildman–Crippen MR) is 81.5 cm³/mol. The van der Waals surface area contributed by atoms with Gasteiger partial charge in [-0.3, -0.25) is 14.7 Å². The number of likely N-dealkylation sites (tertiary alicyclic amines) is 1. The Kier molecular flexibility index (Phi) is 3.25. The molecule has 0 bridgehead atoms. The van der Waals surface area contributed by atoms with Gasteiger partial charge < -0.3 is 4.90 Å². The first kappa shape index (κ1) is 14.4. The molecule has 23 heavy (non-hydrogen) atoms. The van der Waals surface area contributed by atoms with Crippen LogP contribution in [0.25, 0.3) is 5.65 Å². The van der Waals surface area contributed by atoms with Gasteiger partial charge in [0.15, 0.2) is 5.65 Å². The van der Waals surface area contributed by atoms with Gasteiger partial charge in [-0.05, 0) is 39.0 Å². The van der Waals surface area contributed by atoms with E-state index in [9.17, 15) is 14.0 Å². The minimum atomic E-state index is -0.842. The van der Waals surface area contributed by atoms with Crippen molar-refractivity contribution in [2.24, 2.45) is 5.92 Å². The molecule has 1 N–H and O–H groups in total. The van der Waals surface area contributed by atoms with Gasteiger partial charge >= 0.3 is 5.56 Å². The van der Waals surface area contributed by atoms with Crippen molar-refractivity contribution >= 4 is 11.6 Å². The Labute approximate surface area is 132 Å². The molecule has 6 nitrogen and oxygen atoms in total. The molecule has 3 heterocycles. The maximum absolute atomic E-state index is 13.8. The molecular formula is C16H19FN4O2. The van der Waals surface area contributed by atoms with E-state index in [1.165, 1.54) is 6.92 Å². The first-order valence-corrected chi connectivity index (χ1v) is 8.14. The molecule has 0 aromatic carbocycles. The Balaban J connectivity index is 1.75. The number of rotatable bonds is 2. The summed E-state index contributed by atoms with van der Waals surface area (Å²) in [6.45, 7) is 2.22. The Morgan fingerprint density at radius 1 is 1.35 bits per heavy atom. The number of H-pyrrole nitrogens is 1. The summed E-state index contributed by atoms with van der Waals surface area (Å²) in [7, 11) is 0. The number of nitrogens with zero attached hydrogens (tertiary/aromatic N) is 3. The van der Waals surface area contributed by atoms with Gasteiger partial charge in [0.25, 0.3) is 0 Å². The van der Waals surface area contributed by atoms with Crippen LogP contribution in [-0.4, -0.2) is 31.9 Å². The number of piperidine rings is 1. The highest BCUT2D eigenvalue weighted by Gasteiger charge is 2.38. The van der Waals surface area contributed by atoms with Gasteiger partial charge in [-0.1, -0.05) is 0 Å². The zero-order valence-electron chi connectivity index (χ0n) is 13.0. The Bertz CT molecular complexity index is 836. The van der Waals surface area contributed by atoms with Crippen LogP contribution in [0.5, 0.6) is 0 Å². The second-order valence-corrected chi connectivity index (χ2v) is 6.54. The average Bonchev–Trinajstić information content (AvgIpc) is 3.32. The van der Waals surface area contributed by atoms with Gasteiger partial charge in [0.1, 0.15) is 0 Å². The van der Waals surface area contributed by atoms with Gasteiger partial charge in [0.2, 0.25) is 11.7 Å². The largest absolute Gasteiger partial charge is 0.334 e. The molecule has 0 radical (unpaired) electrons. The SMILES string of the molecule is Cc1nc2cc([C@@H]3CCCCN3C(=O)C3CC3)[nH]n2c(=O)c1F. The lowest BCUT2D eigenvalue weighted by Gasteiger charge is -2.35. The average molecular weight is 318 g/mol. The summed E-state index contributed by atoms with van der Waals surface area (Å²) in [4.78, 5) is 30.6. The zero-order chi connectivity index (χ0) is 16.1. The smallest absolute Gasteiger partial charge is 0.308 e. The van der Waals surface area contributed by atoms with Crippen LogP contribution >= 0.6 is 0 Å². The number of amides is 1. The molecule has 1 saturated heterocycles. The molecule has 122 valence electrons. The fraction of sp³-hybridized carbons (Fsp3) is 0.562. The van der Waals surface area contributed by atoms with E-state index in [0.29, 0.717) is 5.65 Å². The highest BCUT2D eigenvalue weighted by Crippen LogP contribution is 2.37. The molecule has 2 aromatic heterocycles. The van der Waals surface area contributed by atoms with Crippen molar-refractivity contribution in [3.8, 4) is 0 Å². The van der Waals surface area contributed by atoms with Gasteiger partial charge in [0, 0.05) is 18.5 Å². The van der Waals surface area contributed by atoms with Gasteiger partial charge in [-0.25, -0.2) is 4.98 Å². The number of aromatic nitrogens is 3. The number of aromatic amines is 1. The lowest BCUT2D eigenvalue weighted by atomic mass is 9.99. The predicted octanol–water partition coefficient (Wildman–Crippen LogP) is 1.93. The van der Waals surface area contributed by atoms with E-state index >= 15 is 0 Å². The lowest BCUT2D eigenvalue weighted by molar-refractivity contribution is -0.136. The molecule has 1 amide bonds. The summed E-state index contributed by atoms with van der Waals surface area (Å²) in [6, 6.07) is 1.68. The fourth-order valence-corrected chi connectivity index (χ4v) is 3.39. The second kappa shape index (κ2) is 5.18. The highest BCUT2D eigenvalue weighted by atomic mass is 19.1. The lowest BCUT2D eigenvalue weighted by Crippen LogP contribution is -2.39. The fourth-order valence-electron chi connectivity index (χ4n) is 3.39. The van der Waals surface area contributed by atoms with Gasteiger partial charge in [-0.15, -0.1) is 0 Å². The van der Waals surface area contributed by atoms with E-state index < -0.39 is 11.4 Å². The molecule has 1 saturated carbocycles. The van der Waals surface area contributed by atoms with Crippen molar-refractivity contribution in [2.45, 2.75) is 45.1 Å². The number of aryl methyl sites for hydroxylation is 1. The third-order valence-electron chi connectivity index (χ3n) is 4.82. The van der Waals surface area contributed by atoms with Crippen molar-refractivity contribution < 1.29 is 9.18 Å². The number of hydrogen-bond donors (Lipinski definition) is 1. The van der Waals surface area contributed by atoms with Crippen molar-refractivity contribution in [2.75, 3.05) is 6.54 Å². The number of nitrogens with one attached hydrogen (secondary N) is 1. The first-order valence-electron chi connectivity index (χ1n) is 8.14. The number of halogens is 1. The molecular weight excluding hydrogens is 299 g/mol. The van der Waals surface area contributed by atoms with E-state index in [0.717, 1.165) is 48.9 Å². The van der Waals surface area contributed by atoms with Crippen LogP contribution in [0.3, 0.4) is 0 Å². The highest BCUT2D eigenvalue weighted by molar-refractivity contribution is 5.81. The first-order chi connectivity index (χ1) is 11.1. The van der Waals surface area contributed by atoms with Crippen molar-refractivity contribution in [3.05, 3.63) is 33.6 Å². The summed E-state index contributed by atoms with van der Waals surface area (Å²) in [6.07, 6.45) is 4.83. The van der Waals surface area contributed by atoms with Gasteiger partial charge in [-0.2, -0.15) is 8.91 Å². The molecule has 0 unspecified atom stereocenters. The molecule has 0 spiro atoms. The quantitative estimate of drug-likeness (QED) is 0.920. The minimum Gasteiger partial charge on any atom is -0.334 e. The van der Waals surface area contributed by atoms with Crippen molar-refractivity contribution in [1.29, 1.82) is 0 Å². The van der Waals surface area contributed by atoms with Crippen LogP contribution in [0.1, 0.15) is 49.5 Å². The van der Waals surface area contributed by atoms with E-state index in [1.807, 2.05) is 4.90 Å². The maximum Gasteiger partial charge on any atom is 0.308 e.